The lowest BCUT2D eigenvalue weighted by atomic mass is 10.1. The minimum atomic E-state index is 0.0570. The Labute approximate surface area is 119 Å². The molecule has 0 unspecified atom stereocenters. The van der Waals surface area contributed by atoms with Crippen LogP contribution >= 0.6 is 0 Å². The van der Waals surface area contributed by atoms with E-state index < -0.39 is 0 Å². The maximum atomic E-state index is 5.68. The fraction of sp³-hybridized carbons (Fsp3) is 0.188. The first kappa shape index (κ1) is 13.9. The van der Waals surface area contributed by atoms with E-state index in [1.54, 1.807) is 0 Å². The fourth-order valence-corrected chi connectivity index (χ4v) is 1.88. The van der Waals surface area contributed by atoms with Crippen LogP contribution in [0.5, 0.6) is 5.75 Å². The van der Waals surface area contributed by atoms with E-state index in [1.165, 1.54) is 5.56 Å². The number of benzene rings is 2. The van der Waals surface area contributed by atoms with Crippen molar-refractivity contribution in [3.63, 3.8) is 0 Å². The molecule has 0 aliphatic heterocycles. The molecule has 0 fully saturated rings. The third-order valence-electron chi connectivity index (χ3n) is 2.82. The van der Waals surface area contributed by atoms with Crippen molar-refractivity contribution in [2.24, 2.45) is 16.5 Å². The number of hydrogen-bond donors (Lipinski definition) is 2. The van der Waals surface area contributed by atoms with Crippen LogP contribution in [0.1, 0.15) is 12.0 Å². The van der Waals surface area contributed by atoms with Gasteiger partial charge in [-0.15, -0.1) is 0 Å². The lowest BCUT2D eigenvalue weighted by molar-refractivity contribution is 0.311. The van der Waals surface area contributed by atoms with Crippen molar-refractivity contribution >= 4 is 11.6 Å². The Hall–Kier alpha value is -2.49. The van der Waals surface area contributed by atoms with Gasteiger partial charge in [0, 0.05) is 0 Å². The van der Waals surface area contributed by atoms with Crippen LogP contribution in [-0.2, 0) is 6.42 Å². The molecule has 0 aliphatic rings. The average molecular weight is 269 g/mol. The highest BCUT2D eigenvalue weighted by molar-refractivity contribution is 5.78. The van der Waals surface area contributed by atoms with Crippen LogP contribution in [0, 0.1) is 0 Å². The molecule has 0 bridgehead atoms. The molecular formula is C16H19N3O. The molecule has 4 nitrogen and oxygen atoms in total. The van der Waals surface area contributed by atoms with Crippen molar-refractivity contribution in [1.29, 1.82) is 0 Å². The molecule has 2 aromatic carbocycles. The molecule has 0 saturated heterocycles. The van der Waals surface area contributed by atoms with Gasteiger partial charge < -0.3 is 16.2 Å². The Morgan fingerprint density at radius 1 is 0.950 bits per heavy atom. The second-order valence-corrected chi connectivity index (χ2v) is 4.47. The fourth-order valence-electron chi connectivity index (χ4n) is 1.88. The van der Waals surface area contributed by atoms with Gasteiger partial charge in [-0.2, -0.15) is 0 Å². The number of rotatable bonds is 6. The molecule has 2 rings (SSSR count). The number of aryl methyl sites for hydroxylation is 1. The highest BCUT2D eigenvalue weighted by Crippen LogP contribution is 2.18. The van der Waals surface area contributed by atoms with Gasteiger partial charge in [-0.25, -0.2) is 4.99 Å². The zero-order valence-electron chi connectivity index (χ0n) is 11.3. The normalized spacial score (nSPS) is 10.0. The van der Waals surface area contributed by atoms with Crippen LogP contribution in [0.2, 0.25) is 0 Å². The van der Waals surface area contributed by atoms with Gasteiger partial charge in [-0.1, -0.05) is 30.3 Å². The summed E-state index contributed by atoms with van der Waals surface area (Å²) in [4.78, 5) is 3.95. The minimum Gasteiger partial charge on any atom is -0.494 e. The average Bonchev–Trinajstić information content (AvgIpc) is 2.46. The highest BCUT2D eigenvalue weighted by atomic mass is 16.5. The number of ether oxygens (including phenoxy) is 1. The second kappa shape index (κ2) is 7.19. The summed E-state index contributed by atoms with van der Waals surface area (Å²) in [6, 6.07) is 17.8. The summed E-state index contributed by atoms with van der Waals surface area (Å²) in [7, 11) is 0. The number of nitrogens with two attached hydrogens (primary N) is 2. The van der Waals surface area contributed by atoms with E-state index >= 15 is 0 Å². The first-order valence-corrected chi connectivity index (χ1v) is 6.60. The lowest BCUT2D eigenvalue weighted by Crippen LogP contribution is -2.21. The number of guanidine groups is 1. The first-order valence-electron chi connectivity index (χ1n) is 6.60. The molecule has 104 valence electrons. The largest absolute Gasteiger partial charge is 0.494 e. The molecule has 0 aliphatic carbocycles. The van der Waals surface area contributed by atoms with Crippen LogP contribution in [0.3, 0.4) is 0 Å². The third kappa shape index (κ3) is 4.65. The smallest absolute Gasteiger partial charge is 0.191 e. The van der Waals surface area contributed by atoms with Crippen molar-refractivity contribution in [3.05, 3.63) is 60.2 Å². The molecule has 20 heavy (non-hydrogen) atoms. The molecule has 4 N–H and O–H groups in total. The van der Waals surface area contributed by atoms with Gasteiger partial charge in [-0.3, -0.25) is 0 Å². The Bertz CT molecular complexity index is 546. The maximum Gasteiger partial charge on any atom is 0.191 e. The van der Waals surface area contributed by atoms with E-state index in [0.717, 1.165) is 24.3 Å². The summed E-state index contributed by atoms with van der Waals surface area (Å²) in [5.74, 6) is 0.883. The SMILES string of the molecule is NC(N)=Nc1ccc(OCCCc2ccccc2)cc1. The van der Waals surface area contributed by atoms with Gasteiger partial charge >= 0.3 is 0 Å². The van der Waals surface area contributed by atoms with E-state index in [-0.39, 0.29) is 5.96 Å². The summed E-state index contributed by atoms with van der Waals surface area (Å²) >= 11 is 0. The lowest BCUT2D eigenvalue weighted by Gasteiger charge is -2.06. The maximum absolute atomic E-state index is 5.68. The predicted molar refractivity (Wildman–Crippen MR) is 82.2 cm³/mol. The van der Waals surface area contributed by atoms with E-state index in [2.05, 4.69) is 29.3 Å². The summed E-state index contributed by atoms with van der Waals surface area (Å²) in [6.45, 7) is 0.691. The molecule has 0 aromatic heterocycles. The van der Waals surface area contributed by atoms with Gasteiger partial charge in [-0.05, 0) is 42.7 Å². The van der Waals surface area contributed by atoms with Crippen molar-refractivity contribution in [2.45, 2.75) is 12.8 Å². The van der Waals surface area contributed by atoms with E-state index in [9.17, 15) is 0 Å². The van der Waals surface area contributed by atoms with Crippen LogP contribution in [0.15, 0.2) is 59.6 Å². The van der Waals surface area contributed by atoms with Crippen molar-refractivity contribution in [3.8, 4) is 5.75 Å². The van der Waals surface area contributed by atoms with Gasteiger partial charge in [0.2, 0.25) is 0 Å². The number of aliphatic imine (C=N–C) groups is 1. The van der Waals surface area contributed by atoms with E-state index in [1.807, 2.05) is 30.3 Å². The Balaban J connectivity index is 1.76. The van der Waals surface area contributed by atoms with E-state index in [4.69, 9.17) is 16.2 Å². The number of nitrogens with zero attached hydrogens (tertiary/aromatic N) is 1. The monoisotopic (exact) mass is 269 g/mol. The van der Waals surface area contributed by atoms with Crippen molar-refractivity contribution in [1.82, 2.24) is 0 Å². The predicted octanol–water partition coefficient (Wildman–Crippen LogP) is 2.60. The van der Waals surface area contributed by atoms with E-state index in [0.29, 0.717) is 6.61 Å². The minimum absolute atomic E-state index is 0.0570. The van der Waals surface area contributed by atoms with Crippen molar-refractivity contribution in [2.75, 3.05) is 6.61 Å². The van der Waals surface area contributed by atoms with Gasteiger partial charge in [0.15, 0.2) is 5.96 Å². The summed E-state index contributed by atoms with van der Waals surface area (Å²) in [5, 5.41) is 0. The Morgan fingerprint density at radius 2 is 1.65 bits per heavy atom. The summed E-state index contributed by atoms with van der Waals surface area (Å²) in [5.41, 5.74) is 12.7. The Kier molecular flexibility index (Phi) is 5.00. The second-order valence-electron chi connectivity index (χ2n) is 4.47. The van der Waals surface area contributed by atoms with Gasteiger partial charge in [0.05, 0.1) is 12.3 Å². The summed E-state index contributed by atoms with van der Waals surface area (Å²) < 4.78 is 5.68. The summed E-state index contributed by atoms with van der Waals surface area (Å²) in [6.07, 6.45) is 2.01. The molecule has 2 aromatic rings. The van der Waals surface area contributed by atoms with Crippen LogP contribution in [-0.4, -0.2) is 12.6 Å². The first-order chi connectivity index (χ1) is 9.74. The van der Waals surface area contributed by atoms with Crippen LogP contribution < -0.4 is 16.2 Å². The van der Waals surface area contributed by atoms with Gasteiger partial charge in [0.25, 0.3) is 0 Å². The van der Waals surface area contributed by atoms with Crippen LogP contribution in [0.4, 0.5) is 5.69 Å². The molecule has 0 heterocycles. The quantitative estimate of drug-likeness (QED) is 0.481. The molecule has 0 spiro atoms. The molecule has 0 atom stereocenters. The topological polar surface area (TPSA) is 73.6 Å². The Morgan fingerprint density at radius 3 is 2.30 bits per heavy atom. The zero-order chi connectivity index (χ0) is 14.2. The third-order valence-corrected chi connectivity index (χ3v) is 2.82. The molecule has 0 saturated carbocycles. The number of hydrogen-bond acceptors (Lipinski definition) is 2. The highest BCUT2D eigenvalue weighted by Gasteiger charge is 1.96. The van der Waals surface area contributed by atoms with Crippen molar-refractivity contribution < 1.29 is 4.74 Å². The molecule has 0 amide bonds. The van der Waals surface area contributed by atoms with Crippen LogP contribution in [0.25, 0.3) is 0 Å². The standard InChI is InChI=1S/C16H19N3O/c17-16(18)19-14-8-10-15(11-9-14)20-12-4-7-13-5-2-1-3-6-13/h1-3,5-6,8-11H,4,7,12H2,(H4,17,18,19). The van der Waals surface area contributed by atoms with Gasteiger partial charge in [0.1, 0.15) is 5.75 Å². The molecule has 4 heteroatoms. The molecular weight excluding hydrogens is 250 g/mol. The zero-order valence-corrected chi connectivity index (χ0v) is 11.3. The molecule has 0 radical (unpaired) electrons.